The fourth-order valence-corrected chi connectivity index (χ4v) is 2.55. The maximum atomic E-state index is 14.0. The van der Waals surface area contributed by atoms with Crippen LogP contribution in [0.5, 0.6) is 11.5 Å². The summed E-state index contributed by atoms with van der Waals surface area (Å²) >= 11 is 0. The average Bonchev–Trinajstić information content (AvgIpc) is 2.68. The third-order valence-corrected chi connectivity index (χ3v) is 3.93. The van der Waals surface area contributed by atoms with Gasteiger partial charge in [0.2, 0.25) is 0 Å². The van der Waals surface area contributed by atoms with Crippen molar-refractivity contribution in [3.63, 3.8) is 0 Å². The second kappa shape index (κ2) is 8.64. The monoisotopic (exact) mass is 404 g/mol. The number of anilines is 1. The van der Waals surface area contributed by atoms with E-state index in [1.807, 2.05) is 6.07 Å². The molecular formula is C21H16F4N2O2. The standard InChI is InChI=1S/C21H16F4N2O2/c22-19-14(7-6-10-16(19)21(23,24)25)13-26-20(28)27-17-11-4-5-12-18(17)29-15-8-2-1-3-9-15/h1-12H,13H2,(H2,26,27,28). The molecular weight excluding hydrogens is 388 g/mol. The number of para-hydroxylation sites is 3. The van der Waals surface area contributed by atoms with Gasteiger partial charge in [-0.15, -0.1) is 0 Å². The van der Waals surface area contributed by atoms with Crippen molar-refractivity contribution < 1.29 is 27.1 Å². The Morgan fingerprint density at radius 3 is 2.31 bits per heavy atom. The number of rotatable bonds is 5. The summed E-state index contributed by atoms with van der Waals surface area (Å²) in [6, 6.07) is 17.8. The number of hydrogen-bond donors (Lipinski definition) is 2. The lowest BCUT2D eigenvalue weighted by Crippen LogP contribution is -2.29. The first kappa shape index (κ1) is 20.2. The Balaban J connectivity index is 1.67. The van der Waals surface area contributed by atoms with Gasteiger partial charge in [-0.2, -0.15) is 13.2 Å². The average molecular weight is 404 g/mol. The lowest BCUT2D eigenvalue weighted by Gasteiger charge is -2.14. The molecule has 2 amide bonds. The van der Waals surface area contributed by atoms with Crippen LogP contribution in [0.1, 0.15) is 11.1 Å². The number of carbonyl (C=O) groups is 1. The second-order valence-electron chi connectivity index (χ2n) is 6.00. The smallest absolute Gasteiger partial charge is 0.419 e. The van der Waals surface area contributed by atoms with Crippen LogP contribution in [0.15, 0.2) is 72.8 Å². The van der Waals surface area contributed by atoms with Crippen molar-refractivity contribution >= 4 is 11.7 Å². The molecule has 0 aliphatic carbocycles. The Morgan fingerprint density at radius 1 is 0.897 bits per heavy atom. The van der Waals surface area contributed by atoms with Crippen molar-refractivity contribution in [2.45, 2.75) is 12.7 Å². The van der Waals surface area contributed by atoms with Crippen LogP contribution in [0.4, 0.5) is 28.0 Å². The van der Waals surface area contributed by atoms with Gasteiger partial charge >= 0.3 is 12.2 Å². The van der Waals surface area contributed by atoms with Gasteiger partial charge in [0.1, 0.15) is 11.6 Å². The van der Waals surface area contributed by atoms with E-state index in [9.17, 15) is 22.4 Å². The summed E-state index contributed by atoms with van der Waals surface area (Å²) in [6.07, 6.45) is -4.81. The molecule has 0 fully saturated rings. The van der Waals surface area contributed by atoms with Crippen LogP contribution < -0.4 is 15.4 Å². The van der Waals surface area contributed by atoms with Gasteiger partial charge in [0.05, 0.1) is 11.3 Å². The first-order valence-electron chi connectivity index (χ1n) is 8.56. The summed E-state index contributed by atoms with van der Waals surface area (Å²) in [4.78, 5) is 12.2. The molecule has 0 radical (unpaired) electrons. The fourth-order valence-electron chi connectivity index (χ4n) is 2.55. The van der Waals surface area contributed by atoms with Gasteiger partial charge in [0.25, 0.3) is 0 Å². The SMILES string of the molecule is O=C(NCc1cccc(C(F)(F)F)c1F)Nc1ccccc1Oc1ccccc1. The van der Waals surface area contributed by atoms with E-state index >= 15 is 0 Å². The number of urea groups is 1. The van der Waals surface area contributed by atoms with E-state index in [2.05, 4.69) is 10.6 Å². The first-order valence-corrected chi connectivity index (χ1v) is 8.56. The predicted octanol–water partition coefficient (Wildman–Crippen LogP) is 5.96. The summed E-state index contributed by atoms with van der Waals surface area (Å²) in [6.45, 7) is -0.413. The van der Waals surface area contributed by atoms with E-state index in [0.29, 0.717) is 23.3 Å². The minimum Gasteiger partial charge on any atom is -0.455 e. The van der Waals surface area contributed by atoms with Crippen molar-refractivity contribution in [1.82, 2.24) is 5.32 Å². The number of alkyl halides is 3. The van der Waals surface area contributed by atoms with Crippen molar-refractivity contribution in [3.8, 4) is 11.5 Å². The van der Waals surface area contributed by atoms with E-state index in [-0.39, 0.29) is 5.56 Å². The lowest BCUT2D eigenvalue weighted by molar-refractivity contribution is -0.140. The van der Waals surface area contributed by atoms with Gasteiger partial charge in [0, 0.05) is 12.1 Å². The molecule has 0 bridgehead atoms. The van der Waals surface area contributed by atoms with E-state index in [0.717, 1.165) is 6.07 Å². The highest BCUT2D eigenvalue weighted by Crippen LogP contribution is 2.32. The lowest BCUT2D eigenvalue weighted by atomic mass is 10.1. The van der Waals surface area contributed by atoms with Gasteiger partial charge in [0.15, 0.2) is 5.75 Å². The van der Waals surface area contributed by atoms with E-state index in [1.165, 1.54) is 6.07 Å². The molecule has 0 saturated carbocycles. The van der Waals surface area contributed by atoms with Crippen molar-refractivity contribution in [1.29, 1.82) is 0 Å². The quantitative estimate of drug-likeness (QED) is 0.516. The summed E-state index contributed by atoms with van der Waals surface area (Å²) in [7, 11) is 0. The van der Waals surface area contributed by atoms with Crippen molar-refractivity contribution in [3.05, 3.63) is 89.7 Å². The zero-order chi connectivity index (χ0) is 20.9. The van der Waals surface area contributed by atoms with Crippen molar-refractivity contribution in [2.24, 2.45) is 0 Å². The summed E-state index contributed by atoms with van der Waals surface area (Å²) in [5.74, 6) is -0.472. The molecule has 4 nitrogen and oxygen atoms in total. The molecule has 3 rings (SSSR count). The Morgan fingerprint density at radius 2 is 1.59 bits per heavy atom. The molecule has 0 aliphatic rings. The minimum absolute atomic E-state index is 0.274. The van der Waals surface area contributed by atoms with Gasteiger partial charge in [-0.05, 0) is 30.3 Å². The maximum Gasteiger partial charge on any atom is 0.419 e. The molecule has 0 spiro atoms. The summed E-state index contributed by atoms with van der Waals surface area (Å²) in [5.41, 5.74) is -1.30. The third-order valence-electron chi connectivity index (χ3n) is 3.93. The molecule has 0 aromatic heterocycles. The highest BCUT2D eigenvalue weighted by atomic mass is 19.4. The Kier molecular flexibility index (Phi) is 6.01. The highest BCUT2D eigenvalue weighted by molar-refractivity contribution is 5.90. The Hall–Kier alpha value is -3.55. The fraction of sp³-hybridized carbons (Fsp3) is 0.0952. The number of amides is 2. The van der Waals surface area contributed by atoms with Crippen LogP contribution in [0.25, 0.3) is 0 Å². The zero-order valence-electron chi connectivity index (χ0n) is 15.0. The molecule has 0 aliphatic heterocycles. The molecule has 0 heterocycles. The van der Waals surface area contributed by atoms with Gasteiger partial charge in [-0.1, -0.05) is 42.5 Å². The normalized spacial score (nSPS) is 11.0. The van der Waals surface area contributed by atoms with E-state index in [1.54, 1.807) is 48.5 Å². The number of halogens is 4. The molecule has 3 aromatic rings. The molecule has 150 valence electrons. The second-order valence-corrected chi connectivity index (χ2v) is 6.00. The molecule has 0 saturated heterocycles. The Bertz CT molecular complexity index is 991. The molecule has 8 heteroatoms. The van der Waals surface area contributed by atoms with Crippen LogP contribution >= 0.6 is 0 Å². The van der Waals surface area contributed by atoms with Crippen molar-refractivity contribution in [2.75, 3.05) is 5.32 Å². The number of ether oxygens (including phenoxy) is 1. The molecule has 0 atom stereocenters. The van der Waals surface area contributed by atoms with Gasteiger partial charge in [-0.25, -0.2) is 9.18 Å². The zero-order valence-corrected chi connectivity index (χ0v) is 15.0. The van der Waals surface area contributed by atoms with Crippen LogP contribution in [0.2, 0.25) is 0 Å². The van der Waals surface area contributed by atoms with E-state index in [4.69, 9.17) is 4.74 Å². The third kappa shape index (κ3) is 5.25. The van der Waals surface area contributed by atoms with Gasteiger partial charge < -0.3 is 15.4 Å². The van der Waals surface area contributed by atoms with Gasteiger partial charge in [-0.3, -0.25) is 0 Å². The molecule has 29 heavy (non-hydrogen) atoms. The van der Waals surface area contributed by atoms with Crippen LogP contribution in [-0.4, -0.2) is 6.03 Å². The van der Waals surface area contributed by atoms with Crippen LogP contribution in [-0.2, 0) is 12.7 Å². The predicted molar refractivity (Wildman–Crippen MR) is 100 cm³/mol. The number of carbonyl (C=O) groups excluding carboxylic acids is 1. The summed E-state index contributed by atoms with van der Waals surface area (Å²) < 4.78 is 58.1. The van der Waals surface area contributed by atoms with E-state index < -0.39 is 30.1 Å². The molecule has 0 unspecified atom stereocenters. The first-order chi connectivity index (χ1) is 13.8. The van der Waals surface area contributed by atoms with Crippen LogP contribution in [0, 0.1) is 5.82 Å². The number of nitrogens with one attached hydrogen (secondary N) is 2. The highest BCUT2D eigenvalue weighted by Gasteiger charge is 2.34. The van der Waals surface area contributed by atoms with Crippen LogP contribution in [0.3, 0.4) is 0 Å². The molecule has 3 aromatic carbocycles. The summed E-state index contributed by atoms with van der Waals surface area (Å²) in [5, 5.41) is 4.89. The maximum absolute atomic E-state index is 14.0. The largest absolute Gasteiger partial charge is 0.455 e. The molecule has 2 N–H and O–H groups in total. The Labute approximate surface area is 164 Å². The number of benzene rings is 3. The topological polar surface area (TPSA) is 50.4 Å². The minimum atomic E-state index is -4.81. The number of hydrogen-bond acceptors (Lipinski definition) is 2.